The summed E-state index contributed by atoms with van der Waals surface area (Å²) >= 11 is 0. The third kappa shape index (κ3) is 3.75. The number of hydrogen-bond acceptors (Lipinski definition) is 3. The summed E-state index contributed by atoms with van der Waals surface area (Å²) in [6.07, 6.45) is 3.97. The molecule has 124 valence electrons. The lowest BCUT2D eigenvalue weighted by Crippen LogP contribution is -2.17. The van der Waals surface area contributed by atoms with Gasteiger partial charge in [-0.3, -0.25) is 4.79 Å². The second-order valence-electron chi connectivity index (χ2n) is 6.30. The summed E-state index contributed by atoms with van der Waals surface area (Å²) < 4.78 is 25.1. The van der Waals surface area contributed by atoms with Gasteiger partial charge in [-0.15, -0.1) is 0 Å². The Morgan fingerprint density at radius 1 is 1.35 bits per heavy atom. The third-order valence-electron chi connectivity index (χ3n) is 4.32. The van der Waals surface area contributed by atoms with Crippen LogP contribution in [0, 0.1) is 5.92 Å². The molecule has 2 aromatic rings. The monoisotopic (exact) mass is 334 g/mol. The molecule has 1 saturated heterocycles. The average molecular weight is 334 g/mol. The SMILES string of the molecule is CCCn1ccc2ccc(NC(=O)C[C@H]3CCS(=O)(=O)C3)cc21. The van der Waals surface area contributed by atoms with Gasteiger partial charge in [0.1, 0.15) is 0 Å². The van der Waals surface area contributed by atoms with E-state index in [1.807, 2.05) is 18.2 Å². The summed E-state index contributed by atoms with van der Waals surface area (Å²) in [6, 6.07) is 7.94. The lowest BCUT2D eigenvalue weighted by Gasteiger charge is -2.10. The van der Waals surface area contributed by atoms with Gasteiger partial charge in [-0.05, 0) is 42.3 Å². The van der Waals surface area contributed by atoms with Crippen molar-refractivity contribution < 1.29 is 13.2 Å². The van der Waals surface area contributed by atoms with Crippen LogP contribution < -0.4 is 5.32 Å². The molecule has 1 N–H and O–H groups in total. The van der Waals surface area contributed by atoms with E-state index in [4.69, 9.17) is 0 Å². The highest BCUT2D eigenvalue weighted by Gasteiger charge is 2.29. The van der Waals surface area contributed by atoms with E-state index < -0.39 is 9.84 Å². The molecule has 0 spiro atoms. The number of carbonyl (C=O) groups excluding carboxylic acids is 1. The summed E-state index contributed by atoms with van der Waals surface area (Å²) in [5.41, 5.74) is 1.87. The van der Waals surface area contributed by atoms with Crippen molar-refractivity contribution in [1.82, 2.24) is 4.57 Å². The van der Waals surface area contributed by atoms with Crippen LogP contribution in [0.1, 0.15) is 26.2 Å². The first-order valence-electron chi connectivity index (χ1n) is 8.06. The molecular formula is C17H22N2O3S. The van der Waals surface area contributed by atoms with Crippen LogP contribution in [0.3, 0.4) is 0 Å². The Morgan fingerprint density at radius 3 is 2.87 bits per heavy atom. The number of fused-ring (bicyclic) bond motifs is 1. The van der Waals surface area contributed by atoms with Crippen molar-refractivity contribution in [3.63, 3.8) is 0 Å². The maximum atomic E-state index is 12.2. The zero-order valence-corrected chi connectivity index (χ0v) is 14.1. The van der Waals surface area contributed by atoms with Gasteiger partial charge in [-0.1, -0.05) is 13.0 Å². The molecule has 0 unspecified atom stereocenters. The first-order valence-corrected chi connectivity index (χ1v) is 9.88. The van der Waals surface area contributed by atoms with Crippen molar-refractivity contribution in [2.45, 2.75) is 32.7 Å². The number of benzene rings is 1. The number of aryl methyl sites for hydroxylation is 1. The van der Waals surface area contributed by atoms with E-state index in [9.17, 15) is 13.2 Å². The van der Waals surface area contributed by atoms with Crippen molar-refractivity contribution in [3.05, 3.63) is 30.5 Å². The van der Waals surface area contributed by atoms with E-state index in [1.165, 1.54) is 0 Å². The Morgan fingerprint density at radius 2 is 2.17 bits per heavy atom. The number of amides is 1. The lowest BCUT2D eigenvalue weighted by atomic mass is 10.0. The molecule has 3 rings (SSSR count). The molecule has 1 atom stereocenters. The molecule has 1 aromatic carbocycles. The van der Waals surface area contributed by atoms with Crippen molar-refractivity contribution in [2.24, 2.45) is 5.92 Å². The molecule has 1 aromatic heterocycles. The number of carbonyl (C=O) groups is 1. The Kier molecular flexibility index (Phi) is 4.43. The number of hydrogen-bond donors (Lipinski definition) is 1. The number of anilines is 1. The predicted octanol–water partition coefficient (Wildman–Crippen LogP) is 2.81. The van der Waals surface area contributed by atoms with E-state index >= 15 is 0 Å². The minimum Gasteiger partial charge on any atom is -0.347 e. The summed E-state index contributed by atoms with van der Waals surface area (Å²) in [6.45, 7) is 3.08. The van der Waals surface area contributed by atoms with E-state index in [1.54, 1.807) is 0 Å². The number of nitrogens with zero attached hydrogens (tertiary/aromatic N) is 1. The molecular weight excluding hydrogens is 312 g/mol. The Hall–Kier alpha value is -1.82. The number of sulfone groups is 1. The summed E-state index contributed by atoms with van der Waals surface area (Å²) in [4.78, 5) is 12.2. The molecule has 0 bridgehead atoms. The van der Waals surface area contributed by atoms with Gasteiger partial charge in [0.2, 0.25) is 5.91 Å². The van der Waals surface area contributed by atoms with E-state index in [-0.39, 0.29) is 29.8 Å². The van der Waals surface area contributed by atoms with Gasteiger partial charge in [0.25, 0.3) is 0 Å². The normalized spacial score (nSPS) is 20.0. The van der Waals surface area contributed by atoms with Crippen LogP contribution in [0.25, 0.3) is 10.9 Å². The predicted molar refractivity (Wildman–Crippen MR) is 92.2 cm³/mol. The second kappa shape index (κ2) is 6.35. The van der Waals surface area contributed by atoms with Gasteiger partial charge in [-0.25, -0.2) is 8.42 Å². The standard InChI is InChI=1S/C17H22N2O3S/c1-2-7-19-8-5-14-3-4-15(11-16(14)19)18-17(20)10-13-6-9-23(21,22)12-13/h3-5,8,11,13H,2,6-7,9-10,12H2,1H3,(H,18,20)/t13-/m1/s1. The maximum Gasteiger partial charge on any atom is 0.224 e. The molecule has 23 heavy (non-hydrogen) atoms. The van der Waals surface area contributed by atoms with Crippen LogP contribution >= 0.6 is 0 Å². The molecule has 2 heterocycles. The first kappa shape index (κ1) is 16.1. The summed E-state index contributed by atoms with van der Waals surface area (Å²) in [7, 11) is -2.93. The Balaban J connectivity index is 1.68. The summed E-state index contributed by atoms with van der Waals surface area (Å²) in [5.74, 6) is 0.188. The minimum absolute atomic E-state index is 0.0484. The quantitative estimate of drug-likeness (QED) is 0.914. The molecule has 0 saturated carbocycles. The Labute approximate surface area is 136 Å². The fourth-order valence-electron chi connectivity index (χ4n) is 3.20. The molecule has 1 amide bonds. The highest BCUT2D eigenvalue weighted by molar-refractivity contribution is 7.91. The number of nitrogens with one attached hydrogen (secondary N) is 1. The van der Waals surface area contributed by atoms with Crippen molar-refractivity contribution >= 4 is 32.3 Å². The summed E-state index contributed by atoms with van der Waals surface area (Å²) in [5, 5.41) is 4.05. The second-order valence-corrected chi connectivity index (χ2v) is 8.53. The van der Waals surface area contributed by atoms with E-state index in [2.05, 4.69) is 29.1 Å². The van der Waals surface area contributed by atoms with Crippen LogP contribution in [0.15, 0.2) is 30.5 Å². The van der Waals surface area contributed by atoms with Gasteiger partial charge >= 0.3 is 0 Å². The van der Waals surface area contributed by atoms with Gasteiger partial charge in [-0.2, -0.15) is 0 Å². The smallest absolute Gasteiger partial charge is 0.224 e. The first-order chi connectivity index (χ1) is 11.0. The van der Waals surface area contributed by atoms with Crippen molar-refractivity contribution in [2.75, 3.05) is 16.8 Å². The van der Waals surface area contributed by atoms with Gasteiger partial charge < -0.3 is 9.88 Å². The van der Waals surface area contributed by atoms with Crippen LogP contribution in [0.4, 0.5) is 5.69 Å². The largest absolute Gasteiger partial charge is 0.347 e. The van der Waals surface area contributed by atoms with Gasteiger partial charge in [0.15, 0.2) is 9.84 Å². The number of rotatable bonds is 5. The van der Waals surface area contributed by atoms with E-state index in [0.29, 0.717) is 6.42 Å². The van der Waals surface area contributed by atoms with Crippen LogP contribution in [-0.2, 0) is 21.2 Å². The topological polar surface area (TPSA) is 68.2 Å². The van der Waals surface area contributed by atoms with Gasteiger partial charge in [0, 0.05) is 24.8 Å². The zero-order valence-electron chi connectivity index (χ0n) is 13.3. The highest BCUT2D eigenvalue weighted by atomic mass is 32.2. The average Bonchev–Trinajstić information content (AvgIpc) is 3.03. The maximum absolute atomic E-state index is 12.2. The van der Waals surface area contributed by atoms with Gasteiger partial charge in [0.05, 0.1) is 17.0 Å². The van der Waals surface area contributed by atoms with Crippen molar-refractivity contribution in [1.29, 1.82) is 0 Å². The van der Waals surface area contributed by atoms with Crippen molar-refractivity contribution in [3.8, 4) is 0 Å². The molecule has 1 aliphatic rings. The van der Waals surface area contributed by atoms with Crippen LogP contribution in [0.5, 0.6) is 0 Å². The molecule has 5 nitrogen and oxygen atoms in total. The third-order valence-corrected chi connectivity index (χ3v) is 6.16. The Bertz CT molecular complexity index is 823. The van der Waals surface area contributed by atoms with Crippen LogP contribution in [0.2, 0.25) is 0 Å². The minimum atomic E-state index is -2.93. The highest BCUT2D eigenvalue weighted by Crippen LogP contribution is 2.24. The van der Waals surface area contributed by atoms with Crippen LogP contribution in [-0.4, -0.2) is 30.4 Å². The fraction of sp³-hybridized carbons (Fsp3) is 0.471. The zero-order chi connectivity index (χ0) is 16.4. The fourth-order valence-corrected chi connectivity index (χ4v) is 5.07. The molecule has 0 aliphatic carbocycles. The molecule has 0 radical (unpaired) electrons. The lowest BCUT2D eigenvalue weighted by molar-refractivity contribution is -0.116. The molecule has 1 fully saturated rings. The number of aromatic nitrogens is 1. The molecule has 1 aliphatic heterocycles. The molecule has 6 heteroatoms. The van der Waals surface area contributed by atoms with E-state index in [0.717, 1.165) is 29.6 Å².